The molecule has 1 N–H and O–H groups in total. The fraction of sp³-hybridized carbons (Fsp3) is 0.231. The second-order valence-electron chi connectivity index (χ2n) is 4.45. The van der Waals surface area contributed by atoms with Crippen LogP contribution in [0.3, 0.4) is 0 Å². The Balaban J connectivity index is 2.66. The van der Waals surface area contributed by atoms with Crippen molar-refractivity contribution < 1.29 is 4.92 Å². The molecule has 0 radical (unpaired) electrons. The van der Waals surface area contributed by atoms with Gasteiger partial charge < -0.3 is 4.98 Å². The standard InChI is InChI=1S/C13H13N3O2S/c1-8(2)10-7-12(19)15-13(14-10)9-5-3-4-6-11(9)16(17)18/h3-8H,1-2H3,(H,14,15,19). The molecule has 19 heavy (non-hydrogen) atoms. The minimum atomic E-state index is -0.421. The Morgan fingerprint density at radius 2 is 2.05 bits per heavy atom. The number of hydrogen-bond donors (Lipinski definition) is 1. The van der Waals surface area contributed by atoms with Gasteiger partial charge in [0.25, 0.3) is 5.69 Å². The molecule has 1 heterocycles. The molecule has 0 atom stereocenters. The van der Waals surface area contributed by atoms with Crippen molar-refractivity contribution in [2.24, 2.45) is 0 Å². The van der Waals surface area contributed by atoms with Crippen LogP contribution in [0.15, 0.2) is 30.3 Å². The van der Waals surface area contributed by atoms with E-state index in [0.717, 1.165) is 5.69 Å². The van der Waals surface area contributed by atoms with Crippen LogP contribution in [0.1, 0.15) is 25.5 Å². The van der Waals surface area contributed by atoms with Crippen LogP contribution in [0.25, 0.3) is 11.4 Å². The lowest BCUT2D eigenvalue weighted by Crippen LogP contribution is -2.00. The van der Waals surface area contributed by atoms with Gasteiger partial charge >= 0.3 is 0 Å². The number of nitrogens with zero attached hydrogens (tertiary/aromatic N) is 2. The van der Waals surface area contributed by atoms with Crippen LogP contribution in [-0.4, -0.2) is 14.9 Å². The van der Waals surface area contributed by atoms with Gasteiger partial charge in [0.05, 0.1) is 10.5 Å². The first-order chi connectivity index (χ1) is 8.99. The molecule has 0 saturated heterocycles. The Labute approximate surface area is 115 Å². The molecule has 2 rings (SSSR count). The fourth-order valence-electron chi connectivity index (χ4n) is 1.75. The van der Waals surface area contributed by atoms with E-state index in [4.69, 9.17) is 12.2 Å². The van der Waals surface area contributed by atoms with E-state index >= 15 is 0 Å². The van der Waals surface area contributed by atoms with Crippen molar-refractivity contribution in [1.82, 2.24) is 9.97 Å². The molecule has 1 aromatic heterocycles. The lowest BCUT2D eigenvalue weighted by molar-refractivity contribution is -0.384. The molecule has 0 spiro atoms. The van der Waals surface area contributed by atoms with Crippen molar-refractivity contribution in [1.29, 1.82) is 0 Å². The second kappa shape index (κ2) is 5.27. The molecule has 0 unspecified atom stereocenters. The van der Waals surface area contributed by atoms with Crippen LogP contribution in [0.4, 0.5) is 5.69 Å². The predicted molar refractivity (Wildman–Crippen MR) is 75.6 cm³/mol. The topological polar surface area (TPSA) is 71.8 Å². The van der Waals surface area contributed by atoms with E-state index in [9.17, 15) is 10.1 Å². The molecular formula is C13H13N3O2S. The average Bonchev–Trinajstić information content (AvgIpc) is 2.37. The Hall–Kier alpha value is -2.08. The van der Waals surface area contributed by atoms with E-state index in [1.54, 1.807) is 24.3 Å². The minimum Gasteiger partial charge on any atom is -0.343 e. The highest BCUT2D eigenvalue weighted by atomic mass is 32.1. The predicted octanol–water partition coefficient (Wildman–Crippen LogP) is 3.84. The van der Waals surface area contributed by atoms with E-state index < -0.39 is 4.92 Å². The summed E-state index contributed by atoms with van der Waals surface area (Å²) in [6, 6.07) is 8.26. The van der Waals surface area contributed by atoms with Crippen LogP contribution >= 0.6 is 12.2 Å². The van der Waals surface area contributed by atoms with Gasteiger partial charge in [0.2, 0.25) is 0 Å². The normalized spacial score (nSPS) is 10.7. The number of benzene rings is 1. The van der Waals surface area contributed by atoms with Gasteiger partial charge in [-0.15, -0.1) is 0 Å². The van der Waals surface area contributed by atoms with E-state index in [1.807, 2.05) is 13.8 Å². The highest BCUT2D eigenvalue weighted by Crippen LogP contribution is 2.27. The number of H-pyrrole nitrogens is 1. The molecule has 98 valence electrons. The Morgan fingerprint density at radius 1 is 1.37 bits per heavy atom. The molecular weight excluding hydrogens is 262 g/mol. The lowest BCUT2D eigenvalue weighted by Gasteiger charge is -2.08. The van der Waals surface area contributed by atoms with Gasteiger partial charge in [0, 0.05) is 11.8 Å². The van der Waals surface area contributed by atoms with Gasteiger partial charge in [-0.05, 0) is 18.1 Å². The van der Waals surface area contributed by atoms with Crippen LogP contribution in [0.2, 0.25) is 0 Å². The Bertz CT molecular complexity index is 680. The largest absolute Gasteiger partial charge is 0.343 e. The molecule has 0 aliphatic heterocycles. The maximum Gasteiger partial charge on any atom is 0.280 e. The number of aromatic nitrogens is 2. The summed E-state index contributed by atoms with van der Waals surface area (Å²) in [6.07, 6.45) is 0. The fourth-order valence-corrected chi connectivity index (χ4v) is 1.97. The molecule has 2 aromatic rings. The zero-order chi connectivity index (χ0) is 14.0. The highest BCUT2D eigenvalue weighted by molar-refractivity contribution is 7.71. The third-order valence-corrected chi connectivity index (χ3v) is 2.95. The molecule has 1 aromatic carbocycles. The second-order valence-corrected chi connectivity index (χ2v) is 4.87. The summed E-state index contributed by atoms with van der Waals surface area (Å²) in [4.78, 5) is 17.9. The maximum absolute atomic E-state index is 11.0. The smallest absolute Gasteiger partial charge is 0.280 e. The molecule has 0 fully saturated rings. The molecule has 0 bridgehead atoms. The Morgan fingerprint density at radius 3 is 2.68 bits per heavy atom. The van der Waals surface area contributed by atoms with Crippen molar-refractivity contribution in [3.8, 4) is 11.4 Å². The van der Waals surface area contributed by atoms with E-state index in [0.29, 0.717) is 16.0 Å². The van der Waals surface area contributed by atoms with Crippen LogP contribution in [-0.2, 0) is 0 Å². The number of hydrogen-bond acceptors (Lipinski definition) is 4. The zero-order valence-corrected chi connectivity index (χ0v) is 11.4. The molecule has 0 aliphatic rings. The van der Waals surface area contributed by atoms with Crippen LogP contribution in [0.5, 0.6) is 0 Å². The first-order valence-corrected chi connectivity index (χ1v) is 6.25. The monoisotopic (exact) mass is 275 g/mol. The third-order valence-electron chi connectivity index (χ3n) is 2.74. The number of nitro groups is 1. The van der Waals surface area contributed by atoms with Crippen molar-refractivity contribution in [2.75, 3.05) is 0 Å². The van der Waals surface area contributed by atoms with E-state index in [1.165, 1.54) is 6.07 Å². The van der Waals surface area contributed by atoms with Gasteiger partial charge in [-0.1, -0.05) is 38.2 Å². The minimum absolute atomic E-state index is 0.0153. The summed E-state index contributed by atoms with van der Waals surface area (Å²) in [5.41, 5.74) is 1.37. The number of nitrogens with one attached hydrogen (secondary N) is 1. The Kier molecular flexibility index (Phi) is 3.71. The first kappa shape index (κ1) is 13.4. The summed E-state index contributed by atoms with van der Waals surface area (Å²) in [5, 5.41) is 11.0. The molecule has 0 saturated carbocycles. The highest BCUT2D eigenvalue weighted by Gasteiger charge is 2.16. The van der Waals surface area contributed by atoms with Crippen LogP contribution < -0.4 is 0 Å². The van der Waals surface area contributed by atoms with Crippen LogP contribution in [0, 0.1) is 14.8 Å². The third kappa shape index (κ3) is 2.85. The quantitative estimate of drug-likeness (QED) is 0.525. The van der Waals surface area contributed by atoms with Crippen molar-refractivity contribution in [3.05, 3.63) is 50.8 Å². The average molecular weight is 275 g/mol. The number of para-hydroxylation sites is 1. The van der Waals surface area contributed by atoms with Gasteiger partial charge in [0.15, 0.2) is 0 Å². The number of nitro benzene ring substituents is 1. The van der Waals surface area contributed by atoms with E-state index in [2.05, 4.69) is 9.97 Å². The van der Waals surface area contributed by atoms with Crippen molar-refractivity contribution >= 4 is 17.9 Å². The molecule has 0 aliphatic carbocycles. The summed E-state index contributed by atoms with van der Waals surface area (Å²) >= 11 is 5.11. The lowest BCUT2D eigenvalue weighted by atomic mass is 10.1. The van der Waals surface area contributed by atoms with Gasteiger partial charge in [-0.25, -0.2) is 4.98 Å². The van der Waals surface area contributed by atoms with Crippen molar-refractivity contribution in [3.63, 3.8) is 0 Å². The SMILES string of the molecule is CC(C)c1cc(=S)nc(-c2ccccc2[N+](=O)[O-])[nH]1. The summed E-state index contributed by atoms with van der Waals surface area (Å²) < 4.78 is 0.426. The molecule has 5 nitrogen and oxygen atoms in total. The van der Waals surface area contributed by atoms with E-state index in [-0.39, 0.29) is 11.6 Å². The summed E-state index contributed by atoms with van der Waals surface area (Å²) in [5.74, 6) is 0.676. The summed E-state index contributed by atoms with van der Waals surface area (Å²) in [6.45, 7) is 4.04. The number of rotatable bonds is 3. The van der Waals surface area contributed by atoms with Gasteiger partial charge in [-0.2, -0.15) is 0 Å². The number of aromatic amines is 1. The van der Waals surface area contributed by atoms with Gasteiger partial charge in [-0.3, -0.25) is 10.1 Å². The molecule has 0 amide bonds. The first-order valence-electron chi connectivity index (χ1n) is 5.84. The summed E-state index contributed by atoms with van der Waals surface area (Å²) in [7, 11) is 0. The van der Waals surface area contributed by atoms with Gasteiger partial charge in [0.1, 0.15) is 10.5 Å². The zero-order valence-electron chi connectivity index (χ0n) is 10.6. The molecule has 6 heteroatoms. The van der Waals surface area contributed by atoms with Crippen molar-refractivity contribution in [2.45, 2.75) is 19.8 Å². The maximum atomic E-state index is 11.0.